The monoisotopic (exact) mass is 304 g/mol. The minimum absolute atomic E-state index is 1.02. The largest absolute Gasteiger partial charge is 0.293 e. The van der Waals surface area contributed by atoms with Gasteiger partial charge in [0.05, 0.1) is 8.64 Å². The smallest absolute Gasteiger partial charge is 0.0662 e. The second-order valence-electron chi connectivity index (χ2n) is 7.34. The molecule has 0 radical (unpaired) electrons. The highest BCUT2D eigenvalue weighted by Crippen LogP contribution is 2.51. The van der Waals surface area contributed by atoms with Gasteiger partial charge in [-0.25, -0.2) is 17.5 Å². The van der Waals surface area contributed by atoms with Crippen molar-refractivity contribution < 1.29 is 0 Å². The molecule has 6 heteroatoms. The van der Waals surface area contributed by atoms with Crippen molar-refractivity contribution in [3.63, 3.8) is 0 Å². The fourth-order valence-corrected chi connectivity index (χ4v) is 8.70. The number of hydrogen-bond donors (Lipinski definition) is 2. The van der Waals surface area contributed by atoms with Crippen LogP contribution in [0.15, 0.2) is 0 Å². The number of rotatable bonds is 0. The molecule has 4 N–H and O–H groups in total. The van der Waals surface area contributed by atoms with E-state index in [4.69, 9.17) is 11.5 Å². The summed E-state index contributed by atoms with van der Waals surface area (Å²) in [5, 5.41) is 0. The van der Waals surface area contributed by atoms with Crippen LogP contribution in [0.1, 0.15) is 0 Å². The molecule has 102 valence electrons. The molecular weight excluding hydrogens is 276 g/mol. The van der Waals surface area contributed by atoms with Crippen molar-refractivity contribution in [2.45, 2.75) is 0 Å². The van der Waals surface area contributed by atoms with Crippen molar-refractivity contribution in [2.75, 3.05) is 50.0 Å². The fourth-order valence-electron chi connectivity index (χ4n) is 0.354. The van der Waals surface area contributed by atoms with E-state index in [-0.39, 0.29) is 0 Å². The minimum Gasteiger partial charge on any atom is -0.293 e. The molecule has 0 rings (SSSR count). The molecule has 0 heterocycles. The van der Waals surface area contributed by atoms with Crippen LogP contribution in [0.2, 0.25) is 0 Å². The highest BCUT2D eigenvalue weighted by atomic mass is 33.1. The molecule has 0 unspecified atom stereocenters. The predicted molar refractivity (Wildman–Crippen MR) is 96.1 cm³/mol. The molecule has 2 nitrogen and oxygen atoms in total. The maximum atomic E-state index is 6.17. The molecule has 0 aromatic carbocycles. The Kier molecular flexibility index (Phi) is 4.60. The van der Waals surface area contributed by atoms with Crippen LogP contribution in [0.25, 0.3) is 0 Å². The third kappa shape index (κ3) is 6.12. The second kappa shape index (κ2) is 4.31. The molecular formula is C10H28N2S4. The maximum Gasteiger partial charge on any atom is 0.0662 e. The maximum absolute atomic E-state index is 6.17. The summed E-state index contributed by atoms with van der Waals surface area (Å²) in [6.07, 6.45) is 17.9. The minimum atomic E-state index is -1.55. The molecule has 16 heavy (non-hydrogen) atoms. The van der Waals surface area contributed by atoms with Crippen LogP contribution in [-0.4, -0.2) is 58.7 Å². The van der Waals surface area contributed by atoms with E-state index >= 15 is 0 Å². The van der Waals surface area contributed by atoms with Gasteiger partial charge in [-0.1, -0.05) is 0 Å². The summed E-state index contributed by atoms with van der Waals surface area (Å²) >= 11 is 0. The second-order valence-corrected chi connectivity index (χ2v) is 24.0. The lowest BCUT2D eigenvalue weighted by Gasteiger charge is -2.37. The van der Waals surface area contributed by atoms with Gasteiger partial charge < -0.3 is 0 Å². The van der Waals surface area contributed by atoms with Crippen molar-refractivity contribution in [2.24, 2.45) is 11.5 Å². The summed E-state index contributed by atoms with van der Waals surface area (Å²) in [7, 11) is 0.176. The Morgan fingerprint density at radius 3 is 0.938 bits per heavy atom. The highest BCUT2D eigenvalue weighted by molar-refractivity contribution is 8.92. The van der Waals surface area contributed by atoms with E-state index in [2.05, 4.69) is 50.0 Å². The molecule has 0 fully saturated rings. The highest BCUT2D eigenvalue weighted by Gasteiger charge is 2.18. The molecule has 0 aromatic heterocycles. The van der Waals surface area contributed by atoms with Gasteiger partial charge in [0.1, 0.15) is 0 Å². The normalized spacial score (nSPS) is 18.1. The van der Waals surface area contributed by atoms with Gasteiger partial charge in [0.25, 0.3) is 0 Å². The zero-order valence-electron chi connectivity index (χ0n) is 11.8. The van der Waals surface area contributed by atoms with Crippen LogP contribution in [0, 0.1) is 0 Å². The average Bonchev–Trinajstić information content (AvgIpc) is 1.92. The predicted octanol–water partition coefficient (Wildman–Crippen LogP) is 2.18. The average molecular weight is 305 g/mol. The van der Waals surface area contributed by atoms with Crippen molar-refractivity contribution >= 4 is 47.7 Å². The van der Waals surface area contributed by atoms with Crippen LogP contribution in [0.3, 0.4) is 0 Å². The van der Waals surface area contributed by atoms with Crippen LogP contribution in [-0.2, 0) is 0 Å². The van der Waals surface area contributed by atoms with Crippen molar-refractivity contribution in [1.82, 2.24) is 0 Å². The quantitative estimate of drug-likeness (QED) is 0.532. The van der Waals surface area contributed by atoms with Crippen LogP contribution in [0.4, 0.5) is 0 Å². The molecule has 0 atom stereocenters. The Hall–Kier alpha value is 1.06. The van der Waals surface area contributed by atoms with Crippen molar-refractivity contribution in [3.8, 4) is 0 Å². The van der Waals surface area contributed by atoms with Crippen LogP contribution in [0.5, 0.6) is 0 Å². The topological polar surface area (TPSA) is 52.0 Å². The lowest BCUT2D eigenvalue weighted by Crippen LogP contribution is -2.22. The van der Waals surface area contributed by atoms with Gasteiger partial charge >= 0.3 is 0 Å². The summed E-state index contributed by atoms with van der Waals surface area (Å²) in [5.74, 6) is 0. The molecule has 0 aromatic rings. The van der Waals surface area contributed by atoms with E-state index in [1.807, 2.05) is 0 Å². The first-order valence-corrected chi connectivity index (χ1v) is 14.3. The third-order valence-electron chi connectivity index (χ3n) is 1.82. The summed E-state index contributed by atoms with van der Waals surface area (Å²) in [6.45, 7) is 0. The van der Waals surface area contributed by atoms with Gasteiger partial charge in [0, 0.05) is 0 Å². The van der Waals surface area contributed by atoms with Crippen molar-refractivity contribution in [1.29, 1.82) is 0 Å². The first-order chi connectivity index (χ1) is 6.57. The van der Waals surface area contributed by atoms with E-state index in [9.17, 15) is 0 Å². The van der Waals surface area contributed by atoms with Gasteiger partial charge in [0.15, 0.2) is 0 Å². The first-order valence-electron chi connectivity index (χ1n) is 4.83. The third-order valence-corrected chi connectivity index (χ3v) is 11.9. The zero-order valence-corrected chi connectivity index (χ0v) is 15.1. The Morgan fingerprint density at radius 2 is 0.812 bits per heavy atom. The standard InChI is InChI=1S/C10H28N2S4/c1-15(2,3,4)9(11)13-14-10(12)16(5,6,7)8/h11-12H2,1-8H3. The molecule has 0 saturated heterocycles. The molecule has 0 spiro atoms. The lowest BCUT2D eigenvalue weighted by molar-refractivity contribution is 1.87. The summed E-state index contributed by atoms with van der Waals surface area (Å²) in [6, 6.07) is 0. The van der Waals surface area contributed by atoms with Gasteiger partial charge in [-0.15, -0.1) is 0 Å². The Morgan fingerprint density at radius 1 is 0.625 bits per heavy atom. The summed E-state index contributed by atoms with van der Waals surface area (Å²) in [5.41, 5.74) is 12.3. The van der Waals surface area contributed by atoms with Crippen LogP contribution >= 0.6 is 39.1 Å². The van der Waals surface area contributed by atoms with Gasteiger partial charge in [-0.3, -0.25) is 11.5 Å². The van der Waals surface area contributed by atoms with E-state index < -0.39 is 17.5 Å². The summed E-state index contributed by atoms with van der Waals surface area (Å²) in [4.78, 5) is 0. The molecule has 0 aliphatic rings. The first kappa shape index (κ1) is 17.1. The number of nitrogens with two attached hydrogens (primary N) is 2. The SMILES string of the molecule is CS(C)(C)(C)=C(N)SSC(N)=S(C)(C)(C)C. The fraction of sp³-hybridized carbons (Fsp3) is 0.800. The Bertz CT molecular complexity index is 345. The zero-order chi connectivity index (χ0) is 13.5. The molecule has 0 aliphatic heterocycles. The molecule has 0 amide bonds. The van der Waals surface area contributed by atoms with E-state index in [0.29, 0.717) is 0 Å². The van der Waals surface area contributed by atoms with E-state index in [1.54, 1.807) is 21.6 Å². The molecule has 0 bridgehead atoms. The van der Waals surface area contributed by atoms with E-state index in [0.717, 1.165) is 8.64 Å². The molecule has 0 saturated carbocycles. The van der Waals surface area contributed by atoms with Gasteiger partial charge in [0.2, 0.25) is 0 Å². The van der Waals surface area contributed by atoms with Crippen LogP contribution < -0.4 is 11.5 Å². The molecule has 0 aliphatic carbocycles. The Labute approximate surface area is 109 Å². The van der Waals surface area contributed by atoms with Crippen molar-refractivity contribution in [3.05, 3.63) is 0 Å². The Balaban J connectivity index is 5.07. The van der Waals surface area contributed by atoms with Gasteiger partial charge in [-0.2, -0.15) is 0 Å². The number of hydrogen-bond acceptors (Lipinski definition) is 2. The lowest BCUT2D eigenvalue weighted by atomic mass is 11.5. The summed E-state index contributed by atoms with van der Waals surface area (Å²) < 4.78 is 2.03. The van der Waals surface area contributed by atoms with E-state index in [1.165, 1.54) is 0 Å². The van der Waals surface area contributed by atoms with Gasteiger partial charge in [-0.05, 0) is 71.6 Å².